The third-order valence-corrected chi connectivity index (χ3v) is 2.74. The lowest BCUT2D eigenvalue weighted by Crippen LogP contribution is -2.25. The Kier molecular flexibility index (Phi) is 3.99. The molecule has 8 heteroatoms. The Morgan fingerprint density at radius 2 is 1.90 bits per heavy atom. The van der Waals surface area contributed by atoms with E-state index in [-0.39, 0.29) is 11.6 Å². The fourth-order valence-electron chi connectivity index (χ4n) is 1.55. The third kappa shape index (κ3) is 3.22. The van der Waals surface area contributed by atoms with Gasteiger partial charge >= 0.3 is 6.18 Å². The molecule has 1 amide bonds. The van der Waals surface area contributed by atoms with Crippen LogP contribution < -0.4 is 0 Å². The zero-order valence-electron chi connectivity index (χ0n) is 11.1. The molecule has 1 aromatic carbocycles. The zero-order valence-corrected chi connectivity index (χ0v) is 11.1. The van der Waals surface area contributed by atoms with Crippen LogP contribution in [0.1, 0.15) is 16.1 Å². The lowest BCUT2D eigenvalue weighted by Gasteiger charge is -2.10. The van der Waals surface area contributed by atoms with Crippen LogP contribution >= 0.6 is 0 Å². The highest BCUT2D eigenvalue weighted by Crippen LogP contribution is 2.30. The van der Waals surface area contributed by atoms with Crippen LogP contribution in [0.4, 0.5) is 13.2 Å². The lowest BCUT2D eigenvalue weighted by atomic mass is 10.1. The largest absolute Gasteiger partial charge is 0.444 e. The van der Waals surface area contributed by atoms with Gasteiger partial charge in [0, 0.05) is 12.6 Å². The number of hydrogen-bond donors (Lipinski definition) is 0. The van der Waals surface area contributed by atoms with Crippen LogP contribution in [-0.2, 0) is 11.0 Å². The van der Waals surface area contributed by atoms with Crippen LogP contribution in [-0.4, -0.2) is 30.1 Å². The average Bonchev–Trinajstić information content (AvgIpc) is 2.94. The summed E-state index contributed by atoms with van der Waals surface area (Å²) in [4.78, 5) is 20.4. The number of hydroxylamine groups is 2. The van der Waals surface area contributed by atoms with Crippen molar-refractivity contribution in [1.82, 2.24) is 10.0 Å². The molecular formula is C13H11F3N2O3. The fourth-order valence-corrected chi connectivity index (χ4v) is 1.55. The maximum Gasteiger partial charge on any atom is 0.416 e. The number of alkyl halides is 3. The summed E-state index contributed by atoms with van der Waals surface area (Å²) >= 11 is 0. The van der Waals surface area contributed by atoms with Crippen LogP contribution in [0.5, 0.6) is 0 Å². The molecule has 112 valence electrons. The third-order valence-electron chi connectivity index (χ3n) is 2.74. The van der Waals surface area contributed by atoms with E-state index in [9.17, 15) is 18.0 Å². The number of carbonyl (C=O) groups excluding carboxylic acids is 1. The highest BCUT2D eigenvalue weighted by molar-refractivity contribution is 5.91. The zero-order chi connectivity index (χ0) is 15.6. The summed E-state index contributed by atoms with van der Waals surface area (Å²) in [6, 6.07) is 4.29. The van der Waals surface area contributed by atoms with E-state index in [4.69, 9.17) is 9.25 Å². The number of aromatic nitrogens is 1. The maximum absolute atomic E-state index is 12.5. The van der Waals surface area contributed by atoms with Crippen LogP contribution in [0, 0.1) is 0 Å². The Balaban J connectivity index is 2.24. The molecule has 1 aromatic heterocycles. The normalized spacial score (nSPS) is 11.5. The highest BCUT2D eigenvalue weighted by atomic mass is 19.4. The Morgan fingerprint density at radius 1 is 1.29 bits per heavy atom. The second-order valence-corrected chi connectivity index (χ2v) is 4.10. The van der Waals surface area contributed by atoms with Gasteiger partial charge in [-0.15, -0.1) is 0 Å². The average molecular weight is 300 g/mol. The first-order valence-electron chi connectivity index (χ1n) is 5.78. The fraction of sp³-hybridized carbons (Fsp3) is 0.231. The predicted molar refractivity (Wildman–Crippen MR) is 66.0 cm³/mol. The monoisotopic (exact) mass is 300 g/mol. The van der Waals surface area contributed by atoms with Gasteiger partial charge in [0.25, 0.3) is 5.91 Å². The molecule has 0 aliphatic carbocycles. The Morgan fingerprint density at radius 3 is 2.43 bits per heavy atom. The molecule has 1 heterocycles. The van der Waals surface area contributed by atoms with Gasteiger partial charge in [-0.05, 0) is 24.3 Å². The number of nitrogens with zero attached hydrogens (tertiary/aromatic N) is 2. The first kappa shape index (κ1) is 15.0. The molecule has 0 aliphatic heterocycles. The molecule has 0 radical (unpaired) electrons. The molecule has 0 atom stereocenters. The van der Waals surface area contributed by atoms with Gasteiger partial charge in [-0.3, -0.25) is 9.63 Å². The predicted octanol–water partition coefficient (Wildman–Crippen LogP) is 2.99. The molecule has 0 saturated heterocycles. The van der Waals surface area contributed by atoms with E-state index in [0.717, 1.165) is 23.5 Å². The number of carbonyl (C=O) groups is 1. The summed E-state index contributed by atoms with van der Waals surface area (Å²) in [6.45, 7) is 0. The van der Waals surface area contributed by atoms with E-state index >= 15 is 0 Å². The smallest absolute Gasteiger partial charge is 0.416 e. The van der Waals surface area contributed by atoms with Crippen molar-refractivity contribution in [3.05, 3.63) is 41.8 Å². The topological polar surface area (TPSA) is 55.6 Å². The van der Waals surface area contributed by atoms with Gasteiger partial charge in [0.1, 0.15) is 6.26 Å². The Labute approximate surface area is 117 Å². The van der Waals surface area contributed by atoms with Gasteiger partial charge in [0.2, 0.25) is 5.89 Å². The van der Waals surface area contributed by atoms with Gasteiger partial charge in [0.05, 0.1) is 12.7 Å². The molecule has 0 N–H and O–H groups in total. The van der Waals surface area contributed by atoms with Crippen LogP contribution in [0.25, 0.3) is 11.5 Å². The SMILES string of the molecule is CON(C)C(=O)c1coc(-c2ccc(C(F)(F)F)cc2)n1. The molecule has 0 fully saturated rings. The number of benzene rings is 1. The number of oxazole rings is 1. The molecule has 0 unspecified atom stereocenters. The molecular weight excluding hydrogens is 289 g/mol. The molecule has 2 aromatic rings. The molecule has 0 saturated carbocycles. The van der Waals surface area contributed by atoms with Crippen molar-refractivity contribution in [3.63, 3.8) is 0 Å². The van der Waals surface area contributed by atoms with Crippen LogP contribution in [0.2, 0.25) is 0 Å². The van der Waals surface area contributed by atoms with Crippen LogP contribution in [0.3, 0.4) is 0 Å². The summed E-state index contributed by atoms with van der Waals surface area (Å²) in [5, 5.41) is 0.953. The van der Waals surface area contributed by atoms with Gasteiger partial charge < -0.3 is 4.42 Å². The van der Waals surface area contributed by atoms with E-state index in [2.05, 4.69) is 4.98 Å². The molecule has 2 rings (SSSR count). The quantitative estimate of drug-likeness (QED) is 0.818. The van der Waals surface area contributed by atoms with Crippen molar-refractivity contribution in [2.45, 2.75) is 6.18 Å². The van der Waals surface area contributed by atoms with Crippen molar-refractivity contribution in [2.24, 2.45) is 0 Å². The minimum absolute atomic E-state index is 0.00533. The minimum Gasteiger partial charge on any atom is -0.444 e. The summed E-state index contributed by atoms with van der Waals surface area (Å²) in [5.74, 6) is -0.476. The van der Waals surface area contributed by atoms with Crippen molar-refractivity contribution < 1.29 is 27.2 Å². The van der Waals surface area contributed by atoms with E-state index in [1.807, 2.05) is 0 Å². The molecule has 0 bridgehead atoms. The van der Waals surface area contributed by atoms with Crippen molar-refractivity contribution in [2.75, 3.05) is 14.2 Å². The standard InChI is InChI=1S/C13H11F3N2O3/c1-18(20-2)12(19)10-7-21-11(17-10)8-3-5-9(6-4-8)13(14,15)16/h3-7H,1-2H3. The van der Waals surface area contributed by atoms with E-state index in [1.54, 1.807) is 0 Å². The number of rotatable bonds is 3. The Bertz CT molecular complexity index is 635. The van der Waals surface area contributed by atoms with Gasteiger partial charge in [-0.25, -0.2) is 10.0 Å². The molecule has 21 heavy (non-hydrogen) atoms. The Hall–Kier alpha value is -2.35. The first-order valence-corrected chi connectivity index (χ1v) is 5.78. The second kappa shape index (κ2) is 5.57. The minimum atomic E-state index is -4.41. The van der Waals surface area contributed by atoms with Gasteiger partial charge in [-0.2, -0.15) is 13.2 Å². The number of hydrogen-bond acceptors (Lipinski definition) is 4. The van der Waals surface area contributed by atoms with Crippen molar-refractivity contribution in [1.29, 1.82) is 0 Å². The summed E-state index contributed by atoms with van der Waals surface area (Å²) in [6.07, 6.45) is -3.29. The molecule has 0 spiro atoms. The lowest BCUT2D eigenvalue weighted by molar-refractivity contribution is -0.137. The van der Waals surface area contributed by atoms with Crippen LogP contribution in [0.15, 0.2) is 34.9 Å². The summed E-state index contributed by atoms with van der Waals surface area (Å²) in [7, 11) is 2.71. The second-order valence-electron chi connectivity index (χ2n) is 4.10. The van der Waals surface area contributed by atoms with Crippen molar-refractivity contribution in [3.8, 4) is 11.5 Å². The first-order chi connectivity index (χ1) is 9.82. The van der Waals surface area contributed by atoms with Gasteiger partial charge in [0.15, 0.2) is 5.69 Å². The van der Waals surface area contributed by atoms with E-state index < -0.39 is 17.6 Å². The number of amides is 1. The van der Waals surface area contributed by atoms with Crippen molar-refractivity contribution >= 4 is 5.91 Å². The molecule has 0 aliphatic rings. The number of halogens is 3. The highest BCUT2D eigenvalue weighted by Gasteiger charge is 2.30. The van der Waals surface area contributed by atoms with E-state index in [0.29, 0.717) is 5.56 Å². The summed E-state index contributed by atoms with van der Waals surface area (Å²) in [5.41, 5.74) is -0.440. The summed E-state index contributed by atoms with van der Waals surface area (Å²) < 4.78 is 42.5. The maximum atomic E-state index is 12.5. The van der Waals surface area contributed by atoms with E-state index in [1.165, 1.54) is 26.3 Å². The van der Waals surface area contributed by atoms with Gasteiger partial charge in [-0.1, -0.05) is 0 Å². The molecule has 5 nitrogen and oxygen atoms in total.